The van der Waals surface area contributed by atoms with Crippen molar-refractivity contribution < 1.29 is 20.8 Å². The summed E-state index contributed by atoms with van der Waals surface area (Å²) in [7, 11) is 9.87. The summed E-state index contributed by atoms with van der Waals surface area (Å²) in [6.07, 6.45) is 5.92. The van der Waals surface area contributed by atoms with Gasteiger partial charge in [-0.2, -0.15) is 0 Å². The van der Waals surface area contributed by atoms with E-state index in [4.69, 9.17) is 17.0 Å². The summed E-state index contributed by atoms with van der Waals surface area (Å²) in [5, 5.41) is 0. The second kappa shape index (κ2) is 8.91. The van der Waals surface area contributed by atoms with Crippen molar-refractivity contribution in [1.29, 1.82) is 0 Å². The molecular formula is C24H20Cl2Zr. The normalized spacial score (nSPS) is 13.8. The minimum absolute atomic E-state index is 0.544. The fourth-order valence-electron chi connectivity index (χ4n) is 4.41. The molecule has 0 aliphatic heterocycles. The van der Waals surface area contributed by atoms with Crippen LogP contribution in [0.25, 0.3) is 17.2 Å². The van der Waals surface area contributed by atoms with E-state index in [1.807, 2.05) is 0 Å². The molecule has 0 heterocycles. The standard InChI is InChI=1S/C24H20.2ClH.Zr/c1-2-8-19-16-17(15-18(19)7-1)13-14-24-22-11-5-3-9-20(22)21-10-4-6-12-23(21)24;;;/h1-12,15,24H,13-14,16H2;2*1H;/q;;;+2/p-2. The van der Waals surface area contributed by atoms with E-state index in [0.717, 1.165) is 6.42 Å². The molecule has 0 amide bonds. The van der Waals surface area contributed by atoms with Gasteiger partial charge >= 0.3 is 37.9 Å². The van der Waals surface area contributed by atoms with Gasteiger partial charge in [0.15, 0.2) is 0 Å². The van der Waals surface area contributed by atoms with E-state index in [2.05, 4.69) is 78.9 Å². The third-order valence-corrected chi connectivity index (χ3v) is 5.55. The molecule has 0 N–H and O–H groups in total. The van der Waals surface area contributed by atoms with Crippen molar-refractivity contribution in [2.45, 2.75) is 25.2 Å². The van der Waals surface area contributed by atoms with Crippen LogP contribution in [-0.2, 0) is 27.3 Å². The third kappa shape index (κ3) is 4.02. The Balaban J connectivity index is 0.000000565. The number of halogens is 2. The van der Waals surface area contributed by atoms with Gasteiger partial charge in [0.05, 0.1) is 0 Å². The molecular weight excluding hydrogens is 450 g/mol. The molecule has 27 heavy (non-hydrogen) atoms. The van der Waals surface area contributed by atoms with Crippen LogP contribution >= 0.6 is 17.0 Å². The SMILES string of the molecule is C1=C(CCC2c3ccccc3-c3ccccc32)Cc2ccccc21.[Cl][Zr][Cl]. The number of allylic oxidation sites excluding steroid dienone is 1. The molecule has 3 aromatic rings. The van der Waals surface area contributed by atoms with E-state index in [9.17, 15) is 0 Å². The van der Waals surface area contributed by atoms with Gasteiger partial charge in [-0.1, -0.05) is 84.4 Å². The Labute approximate surface area is 179 Å². The summed E-state index contributed by atoms with van der Waals surface area (Å²) in [6.45, 7) is 0. The average molecular weight is 471 g/mol. The van der Waals surface area contributed by atoms with E-state index in [1.165, 1.54) is 46.2 Å². The van der Waals surface area contributed by atoms with E-state index in [0.29, 0.717) is 5.92 Å². The molecule has 3 aromatic carbocycles. The Kier molecular flexibility index (Phi) is 6.33. The Morgan fingerprint density at radius 1 is 0.778 bits per heavy atom. The van der Waals surface area contributed by atoms with Crippen molar-refractivity contribution in [1.82, 2.24) is 0 Å². The van der Waals surface area contributed by atoms with Crippen molar-refractivity contribution in [3.63, 3.8) is 0 Å². The van der Waals surface area contributed by atoms with Crippen LogP contribution < -0.4 is 0 Å². The van der Waals surface area contributed by atoms with Gasteiger partial charge in [0.25, 0.3) is 0 Å². The predicted molar refractivity (Wildman–Crippen MR) is 113 cm³/mol. The molecule has 0 spiro atoms. The van der Waals surface area contributed by atoms with Crippen molar-refractivity contribution in [3.8, 4) is 11.1 Å². The van der Waals surface area contributed by atoms with Crippen LogP contribution in [0.5, 0.6) is 0 Å². The number of hydrogen-bond acceptors (Lipinski definition) is 0. The number of hydrogen-bond donors (Lipinski definition) is 0. The van der Waals surface area contributed by atoms with Crippen molar-refractivity contribution >= 4 is 23.1 Å². The predicted octanol–water partition coefficient (Wildman–Crippen LogP) is 7.60. The first-order chi connectivity index (χ1) is 13.3. The zero-order valence-electron chi connectivity index (χ0n) is 15.0. The first-order valence-electron chi connectivity index (χ1n) is 9.23. The van der Waals surface area contributed by atoms with Gasteiger partial charge in [-0.05, 0) is 52.6 Å². The van der Waals surface area contributed by atoms with Gasteiger partial charge in [0.2, 0.25) is 0 Å². The molecule has 2 aliphatic rings. The quantitative estimate of drug-likeness (QED) is 0.370. The first-order valence-corrected chi connectivity index (χ1v) is 15.6. The molecule has 3 heteroatoms. The van der Waals surface area contributed by atoms with Crippen LogP contribution in [0.1, 0.15) is 41.0 Å². The number of fused-ring (bicyclic) bond motifs is 4. The second-order valence-corrected chi connectivity index (χ2v) is 10.7. The summed E-state index contributed by atoms with van der Waals surface area (Å²) in [5.41, 5.74) is 10.4. The fraction of sp³-hybridized carbons (Fsp3) is 0.167. The molecule has 0 aromatic heterocycles. The van der Waals surface area contributed by atoms with Gasteiger partial charge in [0, 0.05) is 5.92 Å². The van der Waals surface area contributed by atoms with Crippen LogP contribution in [-0.4, -0.2) is 0 Å². The van der Waals surface area contributed by atoms with Crippen LogP contribution in [0.2, 0.25) is 0 Å². The summed E-state index contributed by atoms with van der Waals surface area (Å²) in [4.78, 5) is 0. The van der Waals surface area contributed by atoms with Gasteiger partial charge < -0.3 is 0 Å². The molecule has 0 saturated carbocycles. The first kappa shape index (κ1) is 19.2. The summed E-state index contributed by atoms with van der Waals surface area (Å²) in [6, 6.07) is 26.7. The molecule has 0 atom stereocenters. The fourth-order valence-corrected chi connectivity index (χ4v) is 4.41. The molecule has 0 nitrogen and oxygen atoms in total. The monoisotopic (exact) mass is 468 g/mol. The van der Waals surface area contributed by atoms with Crippen LogP contribution in [0.4, 0.5) is 0 Å². The average Bonchev–Trinajstić information content (AvgIpc) is 3.26. The van der Waals surface area contributed by atoms with Crippen LogP contribution in [0, 0.1) is 0 Å². The number of benzene rings is 3. The van der Waals surface area contributed by atoms with Crippen LogP contribution in [0.3, 0.4) is 0 Å². The summed E-state index contributed by atoms with van der Waals surface area (Å²) in [5.74, 6) is 0.544. The van der Waals surface area contributed by atoms with E-state index in [-0.39, 0.29) is 0 Å². The summed E-state index contributed by atoms with van der Waals surface area (Å²) < 4.78 is 0. The van der Waals surface area contributed by atoms with Crippen molar-refractivity contribution in [2.24, 2.45) is 0 Å². The third-order valence-electron chi connectivity index (χ3n) is 5.55. The molecule has 0 radical (unpaired) electrons. The van der Waals surface area contributed by atoms with E-state index < -0.39 is 20.8 Å². The van der Waals surface area contributed by atoms with E-state index >= 15 is 0 Å². The van der Waals surface area contributed by atoms with Gasteiger partial charge in [-0.25, -0.2) is 0 Å². The van der Waals surface area contributed by atoms with Gasteiger partial charge in [-0.3, -0.25) is 0 Å². The topological polar surface area (TPSA) is 0 Å². The maximum absolute atomic E-state index is 4.93. The van der Waals surface area contributed by atoms with Crippen LogP contribution in [0.15, 0.2) is 78.4 Å². The number of rotatable bonds is 3. The Morgan fingerprint density at radius 3 is 1.96 bits per heavy atom. The second-order valence-electron chi connectivity index (χ2n) is 7.02. The minimum atomic E-state index is -0.826. The molecule has 5 rings (SSSR count). The molecule has 0 fully saturated rings. The zero-order chi connectivity index (χ0) is 18.6. The molecule has 134 valence electrons. The van der Waals surface area contributed by atoms with Gasteiger partial charge in [-0.15, -0.1) is 0 Å². The van der Waals surface area contributed by atoms with Crippen molar-refractivity contribution in [2.75, 3.05) is 0 Å². The molecule has 0 unspecified atom stereocenters. The Bertz CT molecular complexity index is 932. The van der Waals surface area contributed by atoms with Gasteiger partial charge in [0.1, 0.15) is 0 Å². The maximum atomic E-state index is 4.93. The molecule has 0 saturated heterocycles. The van der Waals surface area contributed by atoms with Crippen molar-refractivity contribution in [3.05, 3.63) is 101 Å². The summed E-state index contributed by atoms with van der Waals surface area (Å²) >= 11 is -0.826. The Morgan fingerprint density at radius 2 is 1.33 bits per heavy atom. The Hall–Kier alpha value is -1.14. The molecule has 0 bridgehead atoms. The van der Waals surface area contributed by atoms with E-state index in [1.54, 1.807) is 5.57 Å². The zero-order valence-corrected chi connectivity index (χ0v) is 18.9. The molecule has 2 aliphatic carbocycles.